The maximum Gasteiger partial charge on any atom is 0.321 e. The highest BCUT2D eigenvalue weighted by atomic mass is 16.3. The van der Waals surface area contributed by atoms with Crippen molar-refractivity contribution in [1.82, 2.24) is 9.80 Å². The first-order valence-electron chi connectivity index (χ1n) is 10.3. The molecule has 158 valence electrons. The van der Waals surface area contributed by atoms with Gasteiger partial charge in [-0.25, -0.2) is 4.79 Å². The molecule has 0 radical (unpaired) electrons. The molecule has 30 heavy (non-hydrogen) atoms. The molecule has 2 N–H and O–H groups in total. The van der Waals surface area contributed by atoms with Crippen molar-refractivity contribution in [3.05, 3.63) is 97.1 Å². The fourth-order valence-electron chi connectivity index (χ4n) is 4.15. The quantitative estimate of drug-likeness (QED) is 0.663. The Morgan fingerprint density at radius 3 is 1.43 bits per heavy atom. The van der Waals surface area contributed by atoms with Gasteiger partial charge in [-0.1, -0.05) is 72.8 Å². The number of rotatable bonds is 8. The van der Waals surface area contributed by atoms with Crippen molar-refractivity contribution >= 4 is 6.03 Å². The molecule has 0 unspecified atom stereocenters. The summed E-state index contributed by atoms with van der Waals surface area (Å²) in [4.78, 5) is 16.8. The summed E-state index contributed by atoms with van der Waals surface area (Å²) in [6.07, 6.45) is 1.99. The van der Waals surface area contributed by atoms with E-state index in [0.29, 0.717) is 12.8 Å². The van der Waals surface area contributed by atoms with E-state index in [-0.39, 0.29) is 19.1 Å². The molecule has 2 aromatic rings. The van der Waals surface area contributed by atoms with Gasteiger partial charge in [-0.3, -0.25) is 0 Å². The smallest absolute Gasteiger partial charge is 0.321 e. The number of benzene rings is 2. The average molecular weight is 407 g/mol. The van der Waals surface area contributed by atoms with Crippen molar-refractivity contribution < 1.29 is 15.0 Å². The predicted molar refractivity (Wildman–Crippen MR) is 119 cm³/mol. The van der Waals surface area contributed by atoms with Gasteiger partial charge in [0, 0.05) is 13.1 Å². The normalized spacial score (nSPS) is 24.4. The number of amides is 2. The number of urea groups is 1. The van der Waals surface area contributed by atoms with E-state index in [2.05, 4.69) is 13.2 Å². The Morgan fingerprint density at radius 2 is 1.10 bits per heavy atom. The average Bonchev–Trinajstić information content (AvgIpc) is 2.83. The summed E-state index contributed by atoms with van der Waals surface area (Å²) in [6, 6.07) is 18.0. The summed E-state index contributed by atoms with van der Waals surface area (Å²) < 4.78 is 0. The molecule has 4 atom stereocenters. The van der Waals surface area contributed by atoms with E-state index >= 15 is 0 Å². The lowest BCUT2D eigenvalue weighted by Gasteiger charge is -2.34. The summed E-state index contributed by atoms with van der Waals surface area (Å²) in [7, 11) is 0. The lowest BCUT2D eigenvalue weighted by atomic mass is 9.91. The van der Waals surface area contributed by atoms with Gasteiger partial charge in [0.25, 0.3) is 0 Å². The van der Waals surface area contributed by atoms with E-state index in [1.165, 1.54) is 0 Å². The number of hydrogen-bond donors (Lipinski definition) is 2. The Kier molecular flexibility index (Phi) is 7.44. The van der Waals surface area contributed by atoms with E-state index in [1.807, 2.05) is 60.7 Å². The number of nitrogens with zero attached hydrogens (tertiary/aromatic N) is 2. The van der Waals surface area contributed by atoms with Crippen molar-refractivity contribution in [1.29, 1.82) is 0 Å². The molecule has 0 spiro atoms. The number of hydrogen-bond acceptors (Lipinski definition) is 3. The van der Waals surface area contributed by atoms with Crippen LogP contribution in [0.1, 0.15) is 11.1 Å². The van der Waals surface area contributed by atoms with Gasteiger partial charge in [-0.15, -0.1) is 13.2 Å². The zero-order chi connectivity index (χ0) is 21.5. The van der Waals surface area contributed by atoms with Gasteiger partial charge in [-0.05, 0) is 24.0 Å². The van der Waals surface area contributed by atoms with Crippen LogP contribution in [-0.4, -0.2) is 63.4 Å². The van der Waals surface area contributed by atoms with Gasteiger partial charge in [0.05, 0.1) is 12.1 Å². The molecule has 1 saturated heterocycles. The zero-order valence-corrected chi connectivity index (χ0v) is 17.2. The van der Waals surface area contributed by atoms with Gasteiger partial charge in [0.15, 0.2) is 0 Å². The summed E-state index contributed by atoms with van der Waals surface area (Å²) in [5.41, 5.74) is 1.99. The summed E-state index contributed by atoms with van der Waals surface area (Å²) in [5.74, 6) is 0. The molecule has 5 heteroatoms. The number of carbonyl (C=O) groups is 1. The molecular weight excluding hydrogens is 376 g/mol. The Balaban J connectivity index is 1.99. The maximum absolute atomic E-state index is 13.6. The maximum atomic E-state index is 13.6. The molecule has 0 aliphatic carbocycles. The van der Waals surface area contributed by atoms with Gasteiger partial charge in [-0.2, -0.15) is 0 Å². The molecule has 3 rings (SSSR count). The van der Waals surface area contributed by atoms with Crippen molar-refractivity contribution in [2.45, 2.75) is 37.1 Å². The largest absolute Gasteiger partial charge is 0.388 e. The molecule has 1 aliphatic rings. The molecule has 0 saturated carbocycles. The highest BCUT2D eigenvalue weighted by Gasteiger charge is 2.45. The Labute approximate surface area is 178 Å². The molecule has 0 aromatic heterocycles. The lowest BCUT2D eigenvalue weighted by Crippen LogP contribution is -2.51. The first-order valence-corrected chi connectivity index (χ1v) is 10.3. The van der Waals surface area contributed by atoms with E-state index in [9.17, 15) is 15.0 Å². The van der Waals surface area contributed by atoms with Crippen LogP contribution in [0.15, 0.2) is 86.0 Å². The molecule has 1 heterocycles. The van der Waals surface area contributed by atoms with E-state index < -0.39 is 24.3 Å². The first kappa shape index (κ1) is 21.8. The molecule has 0 bridgehead atoms. The Hall–Kier alpha value is -2.89. The SMILES string of the molecule is C=CCN1C(=O)N(CC=C)[C@H](Cc2ccccc2)[C@@H](O)[C@@H](O)[C@H]1Cc1ccccc1. The molecule has 2 amide bonds. The Bertz CT molecular complexity index is 770. The number of carbonyl (C=O) groups excluding carboxylic acids is 1. The zero-order valence-electron chi connectivity index (χ0n) is 17.2. The second kappa shape index (κ2) is 10.2. The molecule has 2 aromatic carbocycles. The molecule has 1 fully saturated rings. The van der Waals surface area contributed by atoms with Crippen LogP contribution in [0, 0.1) is 0 Å². The minimum Gasteiger partial charge on any atom is -0.388 e. The van der Waals surface area contributed by atoms with Gasteiger partial charge in [0.1, 0.15) is 12.2 Å². The molecular formula is C25H30N2O3. The fourth-order valence-corrected chi connectivity index (χ4v) is 4.15. The fraction of sp³-hybridized carbons (Fsp3) is 0.320. The van der Waals surface area contributed by atoms with Crippen molar-refractivity contribution in [2.24, 2.45) is 0 Å². The first-order chi connectivity index (χ1) is 14.6. The third kappa shape index (κ3) is 4.81. The van der Waals surface area contributed by atoms with Gasteiger partial charge >= 0.3 is 6.03 Å². The van der Waals surface area contributed by atoms with Crippen LogP contribution >= 0.6 is 0 Å². The number of aliphatic hydroxyl groups is 2. The minimum absolute atomic E-state index is 0.229. The van der Waals surface area contributed by atoms with E-state index in [4.69, 9.17) is 0 Å². The van der Waals surface area contributed by atoms with Crippen LogP contribution in [0.3, 0.4) is 0 Å². The number of aliphatic hydroxyl groups excluding tert-OH is 2. The van der Waals surface area contributed by atoms with Crippen LogP contribution in [0.4, 0.5) is 4.79 Å². The van der Waals surface area contributed by atoms with Crippen LogP contribution in [0.2, 0.25) is 0 Å². The van der Waals surface area contributed by atoms with Crippen molar-refractivity contribution in [3.8, 4) is 0 Å². The van der Waals surface area contributed by atoms with Crippen molar-refractivity contribution in [2.75, 3.05) is 13.1 Å². The van der Waals surface area contributed by atoms with Gasteiger partial charge < -0.3 is 20.0 Å². The van der Waals surface area contributed by atoms with Gasteiger partial charge in [0.2, 0.25) is 0 Å². The standard InChI is InChI=1S/C25H30N2O3/c1-3-15-26-21(17-19-11-7-5-8-12-19)23(28)24(29)22(27(16-4-2)25(26)30)18-20-13-9-6-10-14-20/h3-14,21-24,28-29H,1-2,15-18H2/t21-,22-,23-,24+/m1/s1. The van der Waals surface area contributed by atoms with Crippen LogP contribution in [0.5, 0.6) is 0 Å². The second-order valence-electron chi connectivity index (χ2n) is 7.66. The summed E-state index contributed by atoms with van der Waals surface area (Å²) >= 11 is 0. The molecule has 5 nitrogen and oxygen atoms in total. The third-order valence-electron chi connectivity index (χ3n) is 5.66. The summed E-state index contributed by atoms with van der Waals surface area (Å²) in [5, 5.41) is 22.4. The van der Waals surface area contributed by atoms with Crippen LogP contribution < -0.4 is 0 Å². The Morgan fingerprint density at radius 1 is 0.733 bits per heavy atom. The third-order valence-corrected chi connectivity index (χ3v) is 5.66. The highest BCUT2D eigenvalue weighted by molar-refractivity contribution is 5.76. The van der Waals surface area contributed by atoms with Crippen LogP contribution in [0.25, 0.3) is 0 Å². The second-order valence-corrected chi connectivity index (χ2v) is 7.66. The van der Waals surface area contributed by atoms with E-state index in [0.717, 1.165) is 11.1 Å². The van der Waals surface area contributed by atoms with Crippen LogP contribution in [-0.2, 0) is 12.8 Å². The monoisotopic (exact) mass is 406 g/mol. The highest BCUT2D eigenvalue weighted by Crippen LogP contribution is 2.27. The minimum atomic E-state index is -1.10. The van der Waals surface area contributed by atoms with E-state index in [1.54, 1.807) is 22.0 Å². The topological polar surface area (TPSA) is 64.0 Å². The predicted octanol–water partition coefficient (Wildman–Crippen LogP) is 3.04. The lowest BCUT2D eigenvalue weighted by molar-refractivity contribution is -0.0377. The molecule has 1 aliphatic heterocycles. The summed E-state index contributed by atoms with van der Waals surface area (Å²) in [6.45, 7) is 8.14. The van der Waals surface area contributed by atoms with Crippen molar-refractivity contribution in [3.63, 3.8) is 0 Å².